The summed E-state index contributed by atoms with van der Waals surface area (Å²) in [5, 5.41) is 34.3. The Labute approximate surface area is 173 Å². The number of hydrogen-bond donors (Lipinski definition) is 7. The number of nitrogens with zero attached hydrogens (tertiary/aromatic N) is 1. The monoisotopic (exact) mass is 431 g/mol. The molecule has 0 spiro atoms. The molecule has 0 bridgehead atoms. The second kappa shape index (κ2) is 11.4. The molecule has 0 aromatic heterocycles. The number of carboxylic acids is 1. The molecular formula is C17H29N5O8. The van der Waals surface area contributed by atoms with Gasteiger partial charge in [-0.1, -0.05) is 0 Å². The van der Waals surface area contributed by atoms with E-state index < -0.39 is 73.0 Å². The number of hydrogen-bond acceptors (Lipinski definition) is 8. The van der Waals surface area contributed by atoms with Crippen LogP contribution in [-0.4, -0.2) is 99.8 Å². The first kappa shape index (κ1) is 25.3. The Morgan fingerprint density at radius 3 is 2.23 bits per heavy atom. The van der Waals surface area contributed by atoms with E-state index in [1.807, 2.05) is 5.32 Å². The summed E-state index contributed by atoms with van der Waals surface area (Å²) >= 11 is 0. The Morgan fingerprint density at radius 1 is 1.07 bits per heavy atom. The number of aliphatic carboxylic acids is 1. The highest BCUT2D eigenvalue weighted by atomic mass is 16.4. The van der Waals surface area contributed by atoms with E-state index in [9.17, 15) is 34.2 Å². The zero-order valence-corrected chi connectivity index (χ0v) is 16.8. The Morgan fingerprint density at radius 2 is 1.70 bits per heavy atom. The van der Waals surface area contributed by atoms with Crippen LogP contribution in [-0.2, 0) is 24.0 Å². The molecule has 13 heteroatoms. The number of rotatable bonds is 10. The number of nitrogens with one attached hydrogen (secondary N) is 3. The third-order valence-corrected chi connectivity index (χ3v) is 4.56. The number of carbonyl (C=O) groups excluding carboxylic acids is 4. The predicted octanol–water partition coefficient (Wildman–Crippen LogP) is -4.13. The maximum Gasteiger partial charge on any atom is 0.322 e. The van der Waals surface area contributed by atoms with Gasteiger partial charge in [0.25, 0.3) is 0 Å². The highest BCUT2D eigenvalue weighted by molar-refractivity contribution is 5.94. The number of carbonyl (C=O) groups is 5. The normalized spacial score (nSPS) is 19.9. The fourth-order valence-corrected chi connectivity index (χ4v) is 2.89. The summed E-state index contributed by atoms with van der Waals surface area (Å²) in [5.41, 5.74) is 5.64. The number of aliphatic hydroxyl groups is 2. The average molecular weight is 431 g/mol. The molecule has 0 radical (unpaired) electrons. The fourth-order valence-electron chi connectivity index (χ4n) is 2.89. The largest absolute Gasteiger partial charge is 0.480 e. The number of aliphatic hydroxyl groups excluding tert-OH is 2. The van der Waals surface area contributed by atoms with E-state index in [0.29, 0.717) is 12.8 Å². The van der Waals surface area contributed by atoms with Gasteiger partial charge in [0, 0.05) is 6.54 Å². The smallest absolute Gasteiger partial charge is 0.322 e. The molecule has 5 atom stereocenters. The van der Waals surface area contributed by atoms with Crippen LogP contribution in [0, 0.1) is 0 Å². The lowest BCUT2D eigenvalue weighted by Gasteiger charge is -2.27. The van der Waals surface area contributed by atoms with Gasteiger partial charge in [-0.25, -0.2) is 0 Å². The van der Waals surface area contributed by atoms with Crippen LogP contribution in [0.3, 0.4) is 0 Å². The van der Waals surface area contributed by atoms with Crippen molar-refractivity contribution in [2.45, 2.75) is 57.0 Å². The van der Waals surface area contributed by atoms with Crippen molar-refractivity contribution in [1.29, 1.82) is 0 Å². The molecule has 1 aliphatic heterocycles. The molecule has 1 rings (SSSR count). The number of nitrogens with two attached hydrogens (primary N) is 1. The molecule has 1 fully saturated rings. The van der Waals surface area contributed by atoms with Gasteiger partial charge in [-0.3, -0.25) is 24.0 Å². The van der Waals surface area contributed by atoms with Crippen molar-refractivity contribution in [2.75, 3.05) is 19.6 Å². The van der Waals surface area contributed by atoms with Crippen molar-refractivity contribution in [2.24, 2.45) is 5.73 Å². The van der Waals surface area contributed by atoms with Crippen LogP contribution >= 0.6 is 0 Å². The van der Waals surface area contributed by atoms with Crippen LogP contribution in [0.2, 0.25) is 0 Å². The molecule has 1 heterocycles. The van der Waals surface area contributed by atoms with E-state index in [4.69, 9.17) is 10.8 Å². The van der Waals surface area contributed by atoms with E-state index in [0.717, 1.165) is 0 Å². The third-order valence-electron chi connectivity index (χ3n) is 4.56. The fraction of sp³-hybridized carbons (Fsp3) is 0.706. The summed E-state index contributed by atoms with van der Waals surface area (Å²) in [6.07, 6.45) is -1.49. The maximum absolute atomic E-state index is 12.4. The van der Waals surface area contributed by atoms with Crippen molar-refractivity contribution < 1.29 is 39.3 Å². The molecule has 170 valence electrons. The average Bonchev–Trinajstić information content (AvgIpc) is 3.16. The van der Waals surface area contributed by atoms with Crippen molar-refractivity contribution in [3.05, 3.63) is 0 Å². The SMILES string of the molecule is CC(O)C(N)C(=O)N1CCCC1C(=O)NCC(=O)NC(C(=O)NCC(=O)O)C(C)O. The van der Waals surface area contributed by atoms with Crippen LogP contribution in [0.15, 0.2) is 0 Å². The maximum atomic E-state index is 12.4. The molecular weight excluding hydrogens is 402 g/mol. The summed E-state index contributed by atoms with van der Waals surface area (Å²) in [6.45, 7) is 1.67. The van der Waals surface area contributed by atoms with Crippen LogP contribution in [0.5, 0.6) is 0 Å². The van der Waals surface area contributed by atoms with Crippen molar-refractivity contribution >= 4 is 29.6 Å². The zero-order valence-electron chi connectivity index (χ0n) is 16.8. The Balaban J connectivity index is 2.61. The van der Waals surface area contributed by atoms with E-state index in [2.05, 4.69) is 10.6 Å². The van der Waals surface area contributed by atoms with Crippen molar-refractivity contribution in [3.8, 4) is 0 Å². The van der Waals surface area contributed by atoms with Crippen molar-refractivity contribution in [1.82, 2.24) is 20.9 Å². The van der Waals surface area contributed by atoms with Gasteiger partial charge in [0.2, 0.25) is 23.6 Å². The predicted molar refractivity (Wildman–Crippen MR) is 102 cm³/mol. The van der Waals surface area contributed by atoms with Gasteiger partial charge in [0.1, 0.15) is 24.7 Å². The van der Waals surface area contributed by atoms with Gasteiger partial charge < -0.3 is 41.9 Å². The highest BCUT2D eigenvalue weighted by Crippen LogP contribution is 2.18. The molecule has 8 N–H and O–H groups in total. The molecule has 0 saturated carbocycles. The van der Waals surface area contributed by atoms with Crippen LogP contribution in [0.25, 0.3) is 0 Å². The Hall–Kier alpha value is -2.77. The Bertz CT molecular complexity index is 669. The van der Waals surface area contributed by atoms with Crippen LogP contribution < -0.4 is 21.7 Å². The molecule has 1 aliphatic rings. The molecule has 1 saturated heterocycles. The van der Waals surface area contributed by atoms with E-state index in [1.54, 1.807) is 0 Å². The lowest BCUT2D eigenvalue weighted by Crippen LogP contribution is -2.56. The minimum absolute atomic E-state index is 0.289. The van der Waals surface area contributed by atoms with Crippen LogP contribution in [0.4, 0.5) is 0 Å². The standard InChI is InChI=1S/C17H29N5O8/c1-8(23)13(18)17(30)22-5-3-4-10(22)15(28)19-6-11(25)21-14(9(2)24)16(29)20-7-12(26)27/h8-10,13-14,23-24H,3-7,18H2,1-2H3,(H,19,28)(H,20,29)(H,21,25)(H,26,27). The van der Waals surface area contributed by atoms with E-state index in [1.165, 1.54) is 18.7 Å². The summed E-state index contributed by atoms with van der Waals surface area (Å²) in [6, 6.07) is -3.43. The summed E-state index contributed by atoms with van der Waals surface area (Å²) < 4.78 is 0. The number of amides is 4. The van der Waals surface area contributed by atoms with Crippen LogP contribution in [0.1, 0.15) is 26.7 Å². The van der Waals surface area contributed by atoms with Gasteiger partial charge in [-0.05, 0) is 26.7 Å². The molecule has 0 aromatic rings. The summed E-state index contributed by atoms with van der Waals surface area (Å²) in [4.78, 5) is 60.4. The molecule has 13 nitrogen and oxygen atoms in total. The molecule has 0 aliphatic carbocycles. The number of carboxylic acid groups (broad SMARTS) is 1. The van der Waals surface area contributed by atoms with Gasteiger partial charge >= 0.3 is 5.97 Å². The molecule has 0 aromatic carbocycles. The van der Waals surface area contributed by atoms with Gasteiger partial charge in [0.15, 0.2) is 0 Å². The van der Waals surface area contributed by atoms with Gasteiger partial charge in [0.05, 0.1) is 18.8 Å². The first-order chi connectivity index (χ1) is 14.0. The number of likely N-dealkylation sites (tertiary alicyclic amines) is 1. The topological polar surface area (TPSA) is 211 Å². The van der Waals surface area contributed by atoms with Gasteiger partial charge in [-0.15, -0.1) is 0 Å². The quantitative estimate of drug-likeness (QED) is 0.179. The summed E-state index contributed by atoms with van der Waals surface area (Å²) in [7, 11) is 0. The minimum atomic E-state index is -1.41. The first-order valence-corrected chi connectivity index (χ1v) is 9.44. The third kappa shape index (κ3) is 7.24. The molecule has 4 amide bonds. The molecule has 5 unspecified atom stereocenters. The van der Waals surface area contributed by atoms with E-state index >= 15 is 0 Å². The zero-order chi connectivity index (χ0) is 23.0. The Kier molecular flexibility index (Phi) is 9.62. The molecule has 30 heavy (non-hydrogen) atoms. The van der Waals surface area contributed by atoms with E-state index in [-0.39, 0.29) is 6.54 Å². The second-order valence-electron chi connectivity index (χ2n) is 7.07. The van der Waals surface area contributed by atoms with Gasteiger partial charge in [-0.2, -0.15) is 0 Å². The first-order valence-electron chi connectivity index (χ1n) is 9.44. The lowest BCUT2D eigenvalue weighted by molar-refractivity contribution is -0.141. The summed E-state index contributed by atoms with van der Waals surface area (Å²) in [5.74, 6) is -4.16. The minimum Gasteiger partial charge on any atom is -0.480 e. The lowest BCUT2D eigenvalue weighted by atomic mass is 10.1. The highest BCUT2D eigenvalue weighted by Gasteiger charge is 2.37. The van der Waals surface area contributed by atoms with Crippen molar-refractivity contribution in [3.63, 3.8) is 0 Å². The second-order valence-corrected chi connectivity index (χ2v) is 7.07.